The molecule has 0 saturated carbocycles. The molecule has 1 aromatic rings. The molecule has 5 heteroatoms. The highest BCUT2D eigenvalue weighted by Crippen LogP contribution is 2.35. The largest absolute Gasteiger partial charge is 0.389 e. The van der Waals surface area contributed by atoms with Gasteiger partial charge in [-0.1, -0.05) is 6.07 Å². The second kappa shape index (κ2) is 6.30. The Balaban J connectivity index is 1.66. The Morgan fingerprint density at radius 3 is 2.82 bits per heavy atom. The van der Waals surface area contributed by atoms with Crippen molar-refractivity contribution in [2.75, 3.05) is 19.6 Å². The fourth-order valence-corrected chi connectivity index (χ4v) is 4.80. The summed E-state index contributed by atoms with van der Waals surface area (Å²) in [7, 11) is 0. The lowest BCUT2D eigenvalue weighted by molar-refractivity contribution is -0.134. The average Bonchev–Trinajstić information content (AvgIpc) is 3.18. The van der Waals surface area contributed by atoms with Gasteiger partial charge < -0.3 is 10.0 Å². The van der Waals surface area contributed by atoms with Crippen molar-refractivity contribution < 1.29 is 9.90 Å². The van der Waals surface area contributed by atoms with Crippen molar-refractivity contribution >= 4 is 17.2 Å². The van der Waals surface area contributed by atoms with Gasteiger partial charge in [-0.25, -0.2) is 0 Å². The molecule has 0 aliphatic carbocycles. The molecule has 0 aromatic carbocycles. The van der Waals surface area contributed by atoms with E-state index in [1.54, 1.807) is 11.3 Å². The van der Waals surface area contributed by atoms with E-state index in [-0.39, 0.29) is 18.0 Å². The SMILES string of the molecule is CC(C)(O)C1CCCN1CC(=O)N1CCCC1c1cccs1. The highest BCUT2D eigenvalue weighted by molar-refractivity contribution is 7.10. The monoisotopic (exact) mass is 322 g/mol. The first kappa shape index (κ1) is 16.0. The average molecular weight is 322 g/mol. The molecule has 0 radical (unpaired) electrons. The molecule has 2 unspecified atom stereocenters. The van der Waals surface area contributed by atoms with E-state index in [1.165, 1.54) is 4.88 Å². The topological polar surface area (TPSA) is 43.8 Å². The van der Waals surface area contributed by atoms with Gasteiger partial charge in [-0.2, -0.15) is 0 Å². The number of hydrogen-bond donors (Lipinski definition) is 1. The molecule has 2 saturated heterocycles. The van der Waals surface area contributed by atoms with Crippen molar-refractivity contribution in [1.29, 1.82) is 0 Å². The Hall–Kier alpha value is -0.910. The number of rotatable bonds is 4. The third kappa shape index (κ3) is 3.21. The zero-order chi connectivity index (χ0) is 15.7. The highest BCUT2D eigenvalue weighted by atomic mass is 32.1. The van der Waals surface area contributed by atoms with Crippen LogP contribution in [0.2, 0.25) is 0 Å². The number of carbonyl (C=O) groups is 1. The van der Waals surface area contributed by atoms with E-state index >= 15 is 0 Å². The summed E-state index contributed by atoms with van der Waals surface area (Å²) in [6.07, 6.45) is 4.20. The van der Waals surface area contributed by atoms with E-state index in [0.29, 0.717) is 6.54 Å². The van der Waals surface area contributed by atoms with Crippen LogP contribution in [0.15, 0.2) is 17.5 Å². The maximum Gasteiger partial charge on any atom is 0.237 e. The van der Waals surface area contributed by atoms with Gasteiger partial charge in [-0.3, -0.25) is 9.69 Å². The molecule has 1 N–H and O–H groups in total. The summed E-state index contributed by atoms with van der Waals surface area (Å²) in [6, 6.07) is 4.55. The number of hydrogen-bond acceptors (Lipinski definition) is 4. The summed E-state index contributed by atoms with van der Waals surface area (Å²) < 4.78 is 0. The first-order valence-electron chi connectivity index (χ1n) is 8.26. The molecule has 1 amide bonds. The van der Waals surface area contributed by atoms with Gasteiger partial charge in [-0.05, 0) is 57.5 Å². The molecule has 3 heterocycles. The number of amides is 1. The Morgan fingerprint density at radius 2 is 2.14 bits per heavy atom. The standard InChI is InChI=1S/C17H26N2O2S/c1-17(2,21)15-8-4-9-18(15)12-16(20)19-10-3-6-13(19)14-7-5-11-22-14/h5,7,11,13,15,21H,3-4,6,8-10,12H2,1-2H3. The van der Waals surface area contributed by atoms with Crippen LogP contribution in [-0.2, 0) is 4.79 Å². The summed E-state index contributed by atoms with van der Waals surface area (Å²) in [5, 5.41) is 12.4. The molecule has 3 rings (SSSR count). The molecule has 4 nitrogen and oxygen atoms in total. The van der Waals surface area contributed by atoms with Gasteiger partial charge in [0.05, 0.1) is 18.2 Å². The molecule has 0 spiro atoms. The molecule has 0 bridgehead atoms. The minimum atomic E-state index is -0.741. The van der Waals surface area contributed by atoms with E-state index in [2.05, 4.69) is 22.4 Å². The van der Waals surface area contributed by atoms with E-state index < -0.39 is 5.60 Å². The zero-order valence-electron chi connectivity index (χ0n) is 13.5. The quantitative estimate of drug-likeness (QED) is 0.927. The summed E-state index contributed by atoms with van der Waals surface area (Å²) in [5.41, 5.74) is -0.741. The number of aliphatic hydroxyl groups is 1. The minimum absolute atomic E-state index is 0.0965. The van der Waals surface area contributed by atoms with Gasteiger partial charge in [0.2, 0.25) is 5.91 Å². The highest BCUT2D eigenvalue weighted by Gasteiger charge is 2.38. The molecule has 1 aromatic heterocycles. The van der Waals surface area contributed by atoms with Crippen LogP contribution in [0.1, 0.15) is 50.4 Å². The first-order chi connectivity index (χ1) is 10.5. The van der Waals surface area contributed by atoms with Crippen LogP contribution >= 0.6 is 11.3 Å². The second-order valence-electron chi connectivity index (χ2n) is 7.04. The molecule has 2 aliphatic rings. The molecule has 122 valence electrons. The van der Waals surface area contributed by atoms with E-state index in [0.717, 1.165) is 38.8 Å². The van der Waals surface area contributed by atoms with Crippen molar-refractivity contribution in [3.8, 4) is 0 Å². The second-order valence-corrected chi connectivity index (χ2v) is 8.02. The minimum Gasteiger partial charge on any atom is -0.389 e. The van der Waals surface area contributed by atoms with Crippen molar-refractivity contribution in [2.24, 2.45) is 0 Å². The summed E-state index contributed by atoms with van der Waals surface area (Å²) in [6.45, 7) is 5.92. The predicted octanol–water partition coefficient (Wildman–Crippen LogP) is 2.65. The Labute approximate surface area is 136 Å². The van der Waals surface area contributed by atoms with Crippen molar-refractivity contribution in [3.63, 3.8) is 0 Å². The summed E-state index contributed by atoms with van der Waals surface area (Å²) >= 11 is 1.74. The van der Waals surface area contributed by atoms with Gasteiger partial charge in [0.15, 0.2) is 0 Å². The molecule has 2 fully saturated rings. The fourth-order valence-electron chi connectivity index (χ4n) is 3.92. The van der Waals surface area contributed by atoms with Crippen molar-refractivity contribution in [3.05, 3.63) is 22.4 Å². The van der Waals surface area contributed by atoms with Crippen LogP contribution in [0.25, 0.3) is 0 Å². The van der Waals surface area contributed by atoms with Crippen LogP contribution in [-0.4, -0.2) is 52.1 Å². The smallest absolute Gasteiger partial charge is 0.237 e. The van der Waals surface area contributed by atoms with Crippen LogP contribution in [0, 0.1) is 0 Å². The number of thiophene rings is 1. The molecule has 22 heavy (non-hydrogen) atoms. The maximum absolute atomic E-state index is 12.8. The lowest BCUT2D eigenvalue weighted by Crippen LogP contribution is -2.49. The summed E-state index contributed by atoms with van der Waals surface area (Å²) in [4.78, 5) is 18.3. The van der Waals surface area contributed by atoms with Gasteiger partial charge in [-0.15, -0.1) is 11.3 Å². The predicted molar refractivity (Wildman–Crippen MR) is 88.9 cm³/mol. The Kier molecular flexibility index (Phi) is 4.57. The van der Waals surface area contributed by atoms with Crippen LogP contribution < -0.4 is 0 Å². The van der Waals surface area contributed by atoms with E-state index in [1.807, 2.05) is 18.7 Å². The maximum atomic E-state index is 12.8. The summed E-state index contributed by atoms with van der Waals surface area (Å²) in [5.74, 6) is 0.215. The van der Waals surface area contributed by atoms with Gasteiger partial charge in [0.1, 0.15) is 0 Å². The van der Waals surface area contributed by atoms with E-state index in [4.69, 9.17) is 0 Å². The Bertz CT molecular complexity index is 509. The number of carbonyl (C=O) groups excluding carboxylic acids is 1. The molecule has 2 aliphatic heterocycles. The van der Waals surface area contributed by atoms with Crippen molar-refractivity contribution in [1.82, 2.24) is 9.80 Å². The lowest BCUT2D eigenvalue weighted by atomic mass is 9.97. The van der Waals surface area contributed by atoms with Crippen LogP contribution in [0.4, 0.5) is 0 Å². The van der Waals surface area contributed by atoms with Gasteiger partial charge in [0, 0.05) is 17.5 Å². The van der Waals surface area contributed by atoms with Crippen LogP contribution in [0.5, 0.6) is 0 Å². The lowest BCUT2D eigenvalue weighted by Gasteiger charge is -2.35. The zero-order valence-corrected chi connectivity index (χ0v) is 14.3. The number of likely N-dealkylation sites (tertiary alicyclic amines) is 2. The first-order valence-corrected chi connectivity index (χ1v) is 9.14. The molecular weight excluding hydrogens is 296 g/mol. The number of nitrogens with zero attached hydrogens (tertiary/aromatic N) is 2. The normalized spacial score (nSPS) is 26.8. The van der Waals surface area contributed by atoms with Gasteiger partial charge >= 0.3 is 0 Å². The fraction of sp³-hybridized carbons (Fsp3) is 0.706. The molecule has 2 atom stereocenters. The Morgan fingerprint density at radius 1 is 1.36 bits per heavy atom. The third-order valence-electron chi connectivity index (χ3n) is 4.96. The van der Waals surface area contributed by atoms with Gasteiger partial charge in [0.25, 0.3) is 0 Å². The third-order valence-corrected chi connectivity index (χ3v) is 5.94. The van der Waals surface area contributed by atoms with E-state index in [9.17, 15) is 9.90 Å². The molecular formula is C17H26N2O2S. The van der Waals surface area contributed by atoms with Crippen molar-refractivity contribution in [2.45, 2.75) is 57.2 Å². The van der Waals surface area contributed by atoms with Crippen LogP contribution in [0.3, 0.4) is 0 Å².